The molecule has 0 unspecified atom stereocenters. The van der Waals surface area contributed by atoms with Crippen LogP contribution in [0.25, 0.3) is 0 Å². The predicted molar refractivity (Wildman–Crippen MR) is 131 cm³/mol. The summed E-state index contributed by atoms with van der Waals surface area (Å²) in [5, 5.41) is 15.7. The Hall–Kier alpha value is -2.05. The van der Waals surface area contributed by atoms with Crippen LogP contribution in [-0.2, 0) is 25.7 Å². The zero-order valence-electron chi connectivity index (χ0n) is 18.2. The van der Waals surface area contributed by atoms with E-state index >= 15 is 0 Å². The van der Waals surface area contributed by atoms with Crippen LogP contribution in [0.4, 0.5) is 10.5 Å². The first-order valence-corrected chi connectivity index (χ1v) is 10.7. The monoisotopic (exact) mass is 477 g/mol. The molecule has 2 aromatic carbocycles. The summed E-state index contributed by atoms with van der Waals surface area (Å²) in [7, 11) is 0. The van der Waals surface area contributed by atoms with E-state index in [0.717, 1.165) is 37.9 Å². The van der Waals surface area contributed by atoms with Gasteiger partial charge in [-0.25, -0.2) is 4.79 Å². The van der Waals surface area contributed by atoms with Crippen LogP contribution in [0.1, 0.15) is 55.4 Å². The molecule has 0 spiro atoms. The third-order valence-electron chi connectivity index (χ3n) is 5.09. The number of urea groups is 1. The summed E-state index contributed by atoms with van der Waals surface area (Å²) in [5.41, 5.74) is 10.9. The Balaban J connectivity index is 0.00000450. The Bertz CT molecular complexity index is 796. The highest BCUT2D eigenvalue weighted by atomic mass is 79.9. The molecule has 2 amide bonds. The van der Waals surface area contributed by atoms with Gasteiger partial charge >= 0.3 is 6.03 Å². The second-order valence-electron chi connectivity index (χ2n) is 7.55. The number of rotatable bonds is 12. The van der Waals surface area contributed by atoms with E-state index in [1.807, 2.05) is 6.07 Å². The van der Waals surface area contributed by atoms with Gasteiger partial charge in [-0.15, -0.1) is 17.0 Å². The molecular weight excluding hydrogens is 442 g/mol. The van der Waals surface area contributed by atoms with Crippen LogP contribution in [0.5, 0.6) is 5.75 Å². The third kappa shape index (κ3) is 8.76. The fraction of sp³-hybridized carbons (Fsp3) is 0.458. The van der Waals surface area contributed by atoms with Crippen molar-refractivity contribution in [2.75, 3.05) is 18.4 Å². The number of halogens is 1. The fourth-order valence-corrected chi connectivity index (χ4v) is 3.51. The Morgan fingerprint density at radius 1 is 0.900 bits per heavy atom. The maximum Gasteiger partial charge on any atom is 0.316 e. The van der Waals surface area contributed by atoms with E-state index < -0.39 is 6.03 Å². The molecule has 0 saturated heterocycles. The Morgan fingerprint density at radius 3 is 2.30 bits per heavy atom. The number of hydrogen-bond acceptors (Lipinski definition) is 3. The number of unbranched alkanes of at least 4 members (excludes halogenated alkanes) is 1. The number of aryl methyl sites for hydroxylation is 2. The van der Waals surface area contributed by atoms with Gasteiger partial charge < -0.3 is 21.5 Å². The third-order valence-corrected chi connectivity index (χ3v) is 5.09. The number of nitrogens with one attached hydrogen (secondary N) is 2. The number of aromatic hydroxyl groups is 1. The maximum absolute atomic E-state index is 11.0. The Labute approximate surface area is 191 Å². The molecule has 0 saturated carbocycles. The molecular formula is C24H36BrN3O2. The smallest absolute Gasteiger partial charge is 0.316 e. The first-order chi connectivity index (χ1) is 14.0. The largest absolute Gasteiger partial charge is 0.506 e. The molecule has 0 radical (unpaired) electrons. The zero-order valence-corrected chi connectivity index (χ0v) is 19.9. The number of carbonyl (C=O) groups excluding carboxylic acids is 1. The Morgan fingerprint density at radius 2 is 1.60 bits per heavy atom. The molecule has 30 heavy (non-hydrogen) atoms. The van der Waals surface area contributed by atoms with Crippen LogP contribution in [0.3, 0.4) is 0 Å². The quantitative estimate of drug-likeness (QED) is 0.252. The summed E-state index contributed by atoms with van der Waals surface area (Å²) in [5.74, 6) is 0.0198. The number of carbonyl (C=O) groups is 1. The molecule has 0 fully saturated rings. The van der Waals surface area contributed by atoms with Crippen molar-refractivity contribution in [1.29, 1.82) is 0 Å². The van der Waals surface area contributed by atoms with E-state index in [1.165, 1.54) is 42.4 Å². The van der Waals surface area contributed by atoms with Crippen molar-refractivity contribution in [3.8, 4) is 5.75 Å². The second kappa shape index (κ2) is 14.0. The average molecular weight is 478 g/mol. The molecule has 0 aliphatic heterocycles. The minimum atomic E-state index is -0.681. The van der Waals surface area contributed by atoms with Crippen molar-refractivity contribution in [2.45, 2.75) is 58.8 Å². The number of amides is 2. The lowest BCUT2D eigenvalue weighted by Crippen LogP contribution is -2.21. The minimum absolute atomic E-state index is 0. The summed E-state index contributed by atoms with van der Waals surface area (Å²) in [6, 6.07) is 11.5. The molecule has 5 nitrogen and oxygen atoms in total. The summed E-state index contributed by atoms with van der Waals surface area (Å²) in [6.07, 6.45) is 7.79. The molecule has 0 heterocycles. The zero-order chi connectivity index (χ0) is 21.1. The van der Waals surface area contributed by atoms with Crippen LogP contribution < -0.4 is 16.4 Å². The number of primary amides is 1. The van der Waals surface area contributed by atoms with Crippen molar-refractivity contribution in [3.63, 3.8) is 0 Å². The van der Waals surface area contributed by atoms with Crippen molar-refractivity contribution < 1.29 is 9.90 Å². The first-order valence-electron chi connectivity index (χ1n) is 10.7. The standard InChI is InChI=1S/C24H35N3O2.BrH/c1-3-5-7-18-8-10-20(21(16-18)6-4-2)13-15-26-14-12-19-9-11-23(28)22(17-19)27-24(25)29;/h8-11,16-17,26,28H,3-7,12-15H2,1-2H3,(H3,25,27,29);1H. The topological polar surface area (TPSA) is 87.4 Å². The molecule has 2 aromatic rings. The molecule has 6 heteroatoms. The van der Waals surface area contributed by atoms with E-state index in [0.29, 0.717) is 5.69 Å². The van der Waals surface area contributed by atoms with E-state index in [9.17, 15) is 9.90 Å². The van der Waals surface area contributed by atoms with Crippen LogP contribution in [0.15, 0.2) is 36.4 Å². The van der Waals surface area contributed by atoms with Gasteiger partial charge in [0.25, 0.3) is 0 Å². The lowest BCUT2D eigenvalue weighted by atomic mass is 9.96. The van der Waals surface area contributed by atoms with Gasteiger partial charge in [-0.2, -0.15) is 0 Å². The molecule has 0 aliphatic rings. The average Bonchev–Trinajstić information content (AvgIpc) is 2.69. The first kappa shape index (κ1) is 26.0. The van der Waals surface area contributed by atoms with Crippen LogP contribution in [0, 0.1) is 0 Å². The molecule has 166 valence electrons. The molecule has 0 aliphatic carbocycles. The van der Waals surface area contributed by atoms with E-state index in [-0.39, 0.29) is 22.7 Å². The normalized spacial score (nSPS) is 10.5. The van der Waals surface area contributed by atoms with E-state index in [2.05, 4.69) is 42.7 Å². The van der Waals surface area contributed by atoms with Crippen molar-refractivity contribution in [1.82, 2.24) is 5.32 Å². The van der Waals surface area contributed by atoms with E-state index in [4.69, 9.17) is 5.73 Å². The predicted octanol–water partition coefficient (Wildman–Crippen LogP) is 5.13. The summed E-state index contributed by atoms with van der Waals surface area (Å²) in [6.45, 7) is 6.23. The summed E-state index contributed by atoms with van der Waals surface area (Å²) in [4.78, 5) is 11.0. The van der Waals surface area contributed by atoms with Crippen molar-refractivity contribution >= 4 is 28.7 Å². The number of hydrogen-bond donors (Lipinski definition) is 4. The van der Waals surface area contributed by atoms with Gasteiger partial charge in [-0.1, -0.05) is 51.0 Å². The van der Waals surface area contributed by atoms with Gasteiger partial charge in [-0.3, -0.25) is 0 Å². The van der Waals surface area contributed by atoms with Gasteiger partial charge in [0.05, 0.1) is 5.69 Å². The van der Waals surface area contributed by atoms with E-state index in [1.54, 1.807) is 12.1 Å². The summed E-state index contributed by atoms with van der Waals surface area (Å²) < 4.78 is 0. The Kier molecular flexibility index (Phi) is 12.2. The highest BCUT2D eigenvalue weighted by Crippen LogP contribution is 2.24. The van der Waals surface area contributed by atoms with Crippen LogP contribution in [-0.4, -0.2) is 24.2 Å². The fourth-order valence-electron chi connectivity index (χ4n) is 3.51. The number of anilines is 1. The SMILES string of the molecule is Br.CCCCc1ccc(CCNCCc2ccc(O)c(NC(N)=O)c2)c(CCC)c1. The number of phenolic OH excluding ortho intramolecular Hbond substituents is 1. The van der Waals surface area contributed by atoms with Crippen LogP contribution >= 0.6 is 17.0 Å². The maximum atomic E-state index is 11.0. The number of benzene rings is 2. The lowest BCUT2D eigenvalue weighted by Gasteiger charge is -2.12. The number of phenols is 1. The van der Waals surface area contributed by atoms with Crippen molar-refractivity contribution in [2.24, 2.45) is 5.73 Å². The molecule has 5 N–H and O–H groups in total. The van der Waals surface area contributed by atoms with Gasteiger partial charge in [-0.05, 0) is 79.6 Å². The number of nitrogens with two attached hydrogens (primary N) is 1. The molecule has 0 bridgehead atoms. The molecule has 0 aromatic heterocycles. The van der Waals surface area contributed by atoms with Gasteiger partial charge in [0.1, 0.15) is 5.75 Å². The van der Waals surface area contributed by atoms with Gasteiger partial charge in [0.2, 0.25) is 0 Å². The highest BCUT2D eigenvalue weighted by Gasteiger charge is 2.06. The van der Waals surface area contributed by atoms with Crippen LogP contribution in [0.2, 0.25) is 0 Å². The van der Waals surface area contributed by atoms with Crippen molar-refractivity contribution in [3.05, 3.63) is 58.7 Å². The lowest BCUT2D eigenvalue weighted by molar-refractivity contribution is 0.259. The second-order valence-corrected chi connectivity index (χ2v) is 7.55. The highest BCUT2D eigenvalue weighted by molar-refractivity contribution is 8.93. The molecule has 0 atom stereocenters. The minimum Gasteiger partial charge on any atom is -0.506 e. The molecule has 2 rings (SSSR count). The van der Waals surface area contributed by atoms with Gasteiger partial charge in [0.15, 0.2) is 0 Å². The van der Waals surface area contributed by atoms with Gasteiger partial charge in [0, 0.05) is 0 Å². The summed E-state index contributed by atoms with van der Waals surface area (Å²) >= 11 is 0.